The SMILES string of the molecule is CC1=Nc2ccccc2/C1=C/c1sc(=S)n(CC(=O)O)c1O. The number of thiazole rings is 1. The molecule has 1 aromatic carbocycles. The van der Waals surface area contributed by atoms with Crippen molar-refractivity contribution in [3.05, 3.63) is 38.7 Å². The summed E-state index contributed by atoms with van der Waals surface area (Å²) in [5, 5.41) is 19.1. The van der Waals surface area contributed by atoms with E-state index in [2.05, 4.69) is 4.99 Å². The van der Waals surface area contributed by atoms with Crippen molar-refractivity contribution in [3.8, 4) is 5.88 Å². The molecule has 3 rings (SSSR count). The Bertz CT molecular complexity index is 890. The third-order valence-electron chi connectivity index (χ3n) is 3.33. The van der Waals surface area contributed by atoms with Crippen molar-refractivity contribution >= 4 is 52.6 Å². The van der Waals surface area contributed by atoms with E-state index in [0.29, 0.717) is 8.83 Å². The average Bonchev–Trinajstić information content (AvgIpc) is 2.91. The van der Waals surface area contributed by atoms with Gasteiger partial charge in [0.25, 0.3) is 0 Å². The minimum atomic E-state index is -1.05. The van der Waals surface area contributed by atoms with Crippen LogP contribution in [0, 0.1) is 3.95 Å². The molecule has 0 saturated heterocycles. The van der Waals surface area contributed by atoms with Crippen LogP contribution >= 0.6 is 23.6 Å². The highest BCUT2D eigenvalue weighted by molar-refractivity contribution is 7.73. The molecule has 0 atom stereocenters. The van der Waals surface area contributed by atoms with Crippen LogP contribution in [0.25, 0.3) is 11.6 Å². The van der Waals surface area contributed by atoms with Gasteiger partial charge < -0.3 is 10.2 Å². The second-order valence-electron chi connectivity index (χ2n) is 4.81. The van der Waals surface area contributed by atoms with E-state index in [9.17, 15) is 9.90 Å². The number of hydrogen-bond donors (Lipinski definition) is 2. The topological polar surface area (TPSA) is 74.8 Å². The first kappa shape index (κ1) is 14.7. The summed E-state index contributed by atoms with van der Waals surface area (Å²) in [5.74, 6) is -1.17. The average molecular weight is 332 g/mol. The highest BCUT2D eigenvalue weighted by Gasteiger charge is 2.19. The van der Waals surface area contributed by atoms with E-state index in [0.717, 1.165) is 22.5 Å². The lowest BCUT2D eigenvalue weighted by atomic mass is 10.0. The number of hydrogen-bond acceptors (Lipinski definition) is 5. The molecule has 1 aliphatic rings. The summed E-state index contributed by atoms with van der Waals surface area (Å²) < 4.78 is 1.54. The van der Waals surface area contributed by atoms with E-state index in [1.54, 1.807) is 6.08 Å². The fourth-order valence-electron chi connectivity index (χ4n) is 2.33. The quantitative estimate of drug-likeness (QED) is 0.840. The minimum absolute atomic E-state index is 0.123. The van der Waals surface area contributed by atoms with E-state index < -0.39 is 5.97 Å². The molecule has 2 aromatic rings. The Balaban J connectivity index is 2.09. The molecule has 1 aliphatic heterocycles. The molecule has 0 aliphatic carbocycles. The standard InChI is InChI=1S/C15H12N2O3S2/c1-8-10(9-4-2-3-5-11(9)16-8)6-12-14(20)17(7-13(18)19)15(21)22-12/h2-6,20H,7H2,1H3,(H,18,19)/b10-6+. The van der Waals surface area contributed by atoms with Crippen LogP contribution in [-0.2, 0) is 11.3 Å². The van der Waals surface area contributed by atoms with Gasteiger partial charge in [-0.2, -0.15) is 0 Å². The monoisotopic (exact) mass is 332 g/mol. The number of carbonyl (C=O) groups is 1. The Morgan fingerprint density at radius 2 is 2.18 bits per heavy atom. The molecule has 22 heavy (non-hydrogen) atoms. The molecule has 112 valence electrons. The fourth-order valence-corrected chi connectivity index (χ4v) is 3.58. The first-order valence-corrected chi connectivity index (χ1v) is 7.71. The molecule has 5 nitrogen and oxygen atoms in total. The van der Waals surface area contributed by atoms with Gasteiger partial charge in [0, 0.05) is 16.8 Å². The van der Waals surface area contributed by atoms with Gasteiger partial charge in [-0.3, -0.25) is 14.4 Å². The van der Waals surface area contributed by atoms with E-state index in [1.807, 2.05) is 31.2 Å². The summed E-state index contributed by atoms with van der Waals surface area (Å²) in [6.45, 7) is 1.55. The zero-order valence-electron chi connectivity index (χ0n) is 11.6. The van der Waals surface area contributed by atoms with Crippen molar-refractivity contribution in [3.63, 3.8) is 0 Å². The van der Waals surface area contributed by atoms with Crippen molar-refractivity contribution < 1.29 is 15.0 Å². The Morgan fingerprint density at radius 1 is 1.45 bits per heavy atom. The Kier molecular flexibility index (Phi) is 3.67. The maximum atomic E-state index is 10.8. The molecular formula is C15H12N2O3S2. The van der Waals surface area contributed by atoms with Crippen LogP contribution in [0.15, 0.2) is 29.3 Å². The zero-order valence-corrected chi connectivity index (χ0v) is 13.2. The maximum absolute atomic E-state index is 10.8. The molecule has 7 heteroatoms. The van der Waals surface area contributed by atoms with Crippen LogP contribution in [0.3, 0.4) is 0 Å². The lowest BCUT2D eigenvalue weighted by Gasteiger charge is -2.02. The van der Waals surface area contributed by atoms with Crippen molar-refractivity contribution in [1.29, 1.82) is 0 Å². The molecule has 0 radical (unpaired) electrons. The molecule has 2 heterocycles. The number of rotatable bonds is 3. The van der Waals surface area contributed by atoms with E-state index in [-0.39, 0.29) is 12.4 Å². The molecule has 0 bridgehead atoms. The molecule has 0 amide bonds. The Labute approximate surface area is 135 Å². The number of fused-ring (bicyclic) bond motifs is 1. The van der Waals surface area contributed by atoms with Gasteiger partial charge in [-0.05, 0) is 31.3 Å². The summed E-state index contributed by atoms with van der Waals surface area (Å²) in [6, 6.07) is 7.74. The first-order chi connectivity index (χ1) is 10.5. The molecule has 0 unspecified atom stereocenters. The normalized spacial score (nSPS) is 15.0. The number of carboxylic acid groups (broad SMARTS) is 1. The van der Waals surface area contributed by atoms with Gasteiger partial charge in [0.2, 0.25) is 5.88 Å². The minimum Gasteiger partial charge on any atom is -0.493 e. The van der Waals surface area contributed by atoms with Gasteiger partial charge in [-0.25, -0.2) is 0 Å². The smallest absolute Gasteiger partial charge is 0.323 e. The molecule has 2 N–H and O–H groups in total. The van der Waals surface area contributed by atoms with Crippen LogP contribution in [0.5, 0.6) is 5.88 Å². The number of aromatic nitrogens is 1. The number of nitrogens with zero attached hydrogens (tertiary/aromatic N) is 2. The maximum Gasteiger partial charge on any atom is 0.323 e. The van der Waals surface area contributed by atoms with Crippen LogP contribution in [0.2, 0.25) is 0 Å². The van der Waals surface area contributed by atoms with Crippen molar-refractivity contribution in [2.45, 2.75) is 13.5 Å². The number of benzene rings is 1. The van der Waals surface area contributed by atoms with Gasteiger partial charge in [-0.1, -0.05) is 18.2 Å². The number of aliphatic carboxylic acids is 1. The van der Waals surface area contributed by atoms with Crippen molar-refractivity contribution in [1.82, 2.24) is 4.57 Å². The summed E-state index contributed by atoms with van der Waals surface area (Å²) in [4.78, 5) is 15.9. The molecule has 1 aromatic heterocycles. The highest BCUT2D eigenvalue weighted by Crippen LogP contribution is 2.38. The number of aromatic hydroxyl groups is 1. The van der Waals surface area contributed by atoms with Crippen LogP contribution in [-0.4, -0.2) is 26.5 Å². The van der Waals surface area contributed by atoms with Gasteiger partial charge in [0.1, 0.15) is 6.54 Å². The van der Waals surface area contributed by atoms with E-state index >= 15 is 0 Å². The third kappa shape index (κ3) is 2.49. The first-order valence-electron chi connectivity index (χ1n) is 6.48. The number of aliphatic imine (C=N–C) groups is 1. The van der Waals surface area contributed by atoms with Crippen LogP contribution < -0.4 is 0 Å². The molecule has 0 fully saturated rings. The van der Waals surface area contributed by atoms with Gasteiger partial charge >= 0.3 is 5.97 Å². The second-order valence-corrected chi connectivity index (χ2v) is 6.48. The number of allylic oxidation sites excluding steroid dienone is 1. The van der Waals surface area contributed by atoms with Gasteiger partial charge in [-0.15, -0.1) is 11.3 Å². The molecule has 0 spiro atoms. The lowest BCUT2D eigenvalue weighted by molar-refractivity contribution is -0.137. The van der Waals surface area contributed by atoms with Crippen LogP contribution in [0.1, 0.15) is 17.4 Å². The third-order valence-corrected chi connectivity index (χ3v) is 4.72. The summed E-state index contributed by atoms with van der Waals surface area (Å²) >= 11 is 6.31. The predicted molar refractivity (Wildman–Crippen MR) is 89.5 cm³/mol. The summed E-state index contributed by atoms with van der Waals surface area (Å²) in [6.07, 6.45) is 1.80. The fraction of sp³-hybridized carbons (Fsp3) is 0.133. The summed E-state index contributed by atoms with van der Waals surface area (Å²) in [5.41, 5.74) is 3.64. The molecule has 0 saturated carbocycles. The van der Waals surface area contributed by atoms with Gasteiger partial charge in [0.05, 0.1) is 10.6 Å². The zero-order chi connectivity index (χ0) is 15.9. The largest absolute Gasteiger partial charge is 0.493 e. The van der Waals surface area contributed by atoms with E-state index in [1.165, 1.54) is 15.9 Å². The predicted octanol–water partition coefficient (Wildman–Crippen LogP) is 3.72. The van der Waals surface area contributed by atoms with Crippen LogP contribution in [0.4, 0.5) is 5.69 Å². The highest BCUT2D eigenvalue weighted by atomic mass is 32.1. The Hall–Kier alpha value is -2.25. The lowest BCUT2D eigenvalue weighted by Crippen LogP contribution is -2.07. The van der Waals surface area contributed by atoms with E-state index in [4.69, 9.17) is 17.3 Å². The number of carboxylic acids is 1. The van der Waals surface area contributed by atoms with Crippen molar-refractivity contribution in [2.24, 2.45) is 4.99 Å². The summed E-state index contributed by atoms with van der Waals surface area (Å²) in [7, 11) is 0. The van der Waals surface area contributed by atoms with Gasteiger partial charge in [0.15, 0.2) is 3.95 Å². The Morgan fingerprint density at radius 3 is 2.91 bits per heavy atom. The number of para-hydroxylation sites is 1. The molecular weight excluding hydrogens is 320 g/mol. The van der Waals surface area contributed by atoms with Crippen molar-refractivity contribution in [2.75, 3.05) is 0 Å². The second kappa shape index (κ2) is 5.51.